The number of amides is 1. The average Bonchev–Trinajstić information content (AvgIpc) is 3.24. The third-order valence-corrected chi connectivity index (χ3v) is 11.6. The largest absolute Gasteiger partial charge is 0.466 e. The van der Waals surface area contributed by atoms with Crippen LogP contribution < -0.4 is 5.32 Å². The van der Waals surface area contributed by atoms with Crippen molar-refractivity contribution in [2.24, 2.45) is 0 Å². The van der Waals surface area contributed by atoms with E-state index in [4.69, 9.17) is 14.2 Å². The molecular formula is C49H91NO10. The molecule has 1 heterocycles. The van der Waals surface area contributed by atoms with Gasteiger partial charge >= 0.3 is 5.97 Å². The molecule has 0 aromatic rings. The number of esters is 1. The van der Waals surface area contributed by atoms with Crippen LogP contribution in [0.2, 0.25) is 0 Å². The molecular weight excluding hydrogens is 763 g/mol. The molecule has 0 radical (unpaired) electrons. The van der Waals surface area contributed by atoms with Gasteiger partial charge < -0.3 is 45.1 Å². The summed E-state index contributed by atoms with van der Waals surface area (Å²) in [4.78, 5) is 25.0. The fourth-order valence-corrected chi connectivity index (χ4v) is 7.54. The number of aliphatic hydroxyl groups is 5. The standard InChI is InChI=1S/C49H91NO10/c1-3-5-7-9-11-13-14-17-21-25-29-33-37-45(54)58-38-34-30-26-22-18-15-16-20-24-28-32-36-44(53)50-41(42(52)35-31-27-23-19-12-10-8-6-4-2)40-59-49-48(57)47(56)46(55)43(39-51)60-49/h11,13,31,35,41-43,46-49,51-52,55-57H,3-10,12,14-30,32-34,36-40H2,1-2H3,(H,50,53)/b13-11-,35-31+. The van der Waals surface area contributed by atoms with E-state index < -0.39 is 49.5 Å². The van der Waals surface area contributed by atoms with Gasteiger partial charge in [0.05, 0.1) is 32.0 Å². The zero-order chi connectivity index (χ0) is 43.9. The highest BCUT2D eigenvalue weighted by atomic mass is 16.7. The second-order valence-electron chi connectivity index (χ2n) is 17.2. The Morgan fingerprint density at radius 2 is 1.07 bits per heavy atom. The van der Waals surface area contributed by atoms with E-state index in [1.165, 1.54) is 116 Å². The molecule has 352 valence electrons. The molecule has 1 rings (SSSR count). The summed E-state index contributed by atoms with van der Waals surface area (Å²) >= 11 is 0. The zero-order valence-electron chi connectivity index (χ0n) is 38.2. The minimum Gasteiger partial charge on any atom is -0.466 e. The van der Waals surface area contributed by atoms with Gasteiger partial charge in [0.15, 0.2) is 6.29 Å². The summed E-state index contributed by atoms with van der Waals surface area (Å²) in [5.74, 6) is -0.255. The second kappa shape index (κ2) is 40.0. The number of allylic oxidation sites excluding steroid dienone is 3. The van der Waals surface area contributed by atoms with E-state index in [-0.39, 0.29) is 18.5 Å². The van der Waals surface area contributed by atoms with Crippen molar-refractivity contribution in [2.75, 3.05) is 19.8 Å². The van der Waals surface area contributed by atoms with Gasteiger partial charge in [0.25, 0.3) is 0 Å². The molecule has 1 amide bonds. The first-order valence-electron chi connectivity index (χ1n) is 24.6. The number of unbranched alkanes of at least 4 members (excludes halogenated alkanes) is 25. The van der Waals surface area contributed by atoms with E-state index >= 15 is 0 Å². The minimum absolute atomic E-state index is 0.0506. The third-order valence-electron chi connectivity index (χ3n) is 11.6. The van der Waals surface area contributed by atoms with Gasteiger partial charge in [-0.15, -0.1) is 0 Å². The van der Waals surface area contributed by atoms with Crippen molar-refractivity contribution in [3.8, 4) is 0 Å². The van der Waals surface area contributed by atoms with Crippen LogP contribution in [-0.4, -0.2) is 100 Å². The van der Waals surface area contributed by atoms with Crippen LogP contribution in [0.3, 0.4) is 0 Å². The van der Waals surface area contributed by atoms with Crippen molar-refractivity contribution in [1.82, 2.24) is 5.32 Å². The zero-order valence-corrected chi connectivity index (χ0v) is 38.2. The van der Waals surface area contributed by atoms with Crippen LogP contribution >= 0.6 is 0 Å². The van der Waals surface area contributed by atoms with Crippen molar-refractivity contribution >= 4 is 11.9 Å². The van der Waals surface area contributed by atoms with Crippen LogP contribution in [0, 0.1) is 0 Å². The van der Waals surface area contributed by atoms with Crippen LogP contribution in [0.5, 0.6) is 0 Å². The molecule has 11 heteroatoms. The maximum atomic E-state index is 12.9. The molecule has 7 atom stereocenters. The van der Waals surface area contributed by atoms with Crippen molar-refractivity contribution in [3.63, 3.8) is 0 Å². The highest BCUT2D eigenvalue weighted by Gasteiger charge is 2.44. The Kier molecular flexibility index (Phi) is 37.4. The Bertz CT molecular complexity index is 1060. The summed E-state index contributed by atoms with van der Waals surface area (Å²) in [5, 5.41) is 54.0. The highest BCUT2D eigenvalue weighted by Crippen LogP contribution is 2.23. The van der Waals surface area contributed by atoms with Gasteiger partial charge in [-0.2, -0.15) is 0 Å². The van der Waals surface area contributed by atoms with Crippen LogP contribution in [-0.2, 0) is 23.8 Å². The van der Waals surface area contributed by atoms with Crippen LogP contribution in [0.15, 0.2) is 24.3 Å². The molecule has 1 aliphatic heterocycles. The number of carbonyl (C=O) groups is 2. The topological polar surface area (TPSA) is 175 Å². The number of rotatable bonds is 41. The molecule has 11 nitrogen and oxygen atoms in total. The fraction of sp³-hybridized carbons (Fsp3) is 0.878. The summed E-state index contributed by atoms with van der Waals surface area (Å²) in [5.41, 5.74) is 0. The molecule has 0 spiro atoms. The van der Waals surface area contributed by atoms with Gasteiger partial charge in [0, 0.05) is 12.8 Å². The maximum Gasteiger partial charge on any atom is 0.305 e. The number of carbonyl (C=O) groups excluding carboxylic acids is 2. The summed E-state index contributed by atoms with van der Waals surface area (Å²) in [6.07, 6.45) is 34.0. The predicted molar refractivity (Wildman–Crippen MR) is 241 cm³/mol. The Balaban J connectivity index is 2.17. The SMILES string of the molecule is CCCCC/C=C\CCCCCCCC(=O)OCCCCCCCCCCCCCC(=O)NC(COC1OC(CO)C(O)C(O)C1O)C(O)/C=C/CCCCCCCCC. The molecule has 0 aromatic heterocycles. The first kappa shape index (κ1) is 56.2. The molecule has 0 aromatic carbocycles. The maximum absolute atomic E-state index is 12.9. The van der Waals surface area contributed by atoms with Crippen LogP contribution in [0.4, 0.5) is 0 Å². The van der Waals surface area contributed by atoms with Crippen molar-refractivity contribution in [2.45, 2.75) is 256 Å². The Hall–Kier alpha value is -1.86. The van der Waals surface area contributed by atoms with Gasteiger partial charge in [-0.1, -0.05) is 167 Å². The monoisotopic (exact) mass is 854 g/mol. The molecule has 60 heavy (non-hydrogen) atoms. The van der Waals surface area contributed by atoms with Crippen molar-refractivity contribution in [3.05, 3.63) is 24.3 Å². The lowest BCUT2D eigenvalue weighted by Crippen LogP contribution is -2.60. The normalized spacial score (nSPS) is 20.6. The molecule has 6 N–H and O–H groups in total. The molecule has 1 aliphatic rings. The lowest BCUT2D eigenvalue weighted by atomic mass is 9.99. The van der Waals surface area contributed by atoms with Gasteiger partial charge in [0.2, 0.25) is 5.91 Å². The van der Waals surface area contributed by atoms with Gasteiger partial charge in [-0.3, -0.25) is 9.59 Å². The first-order valence-corrected chi connectivity index (χ1v) is 24.6. The lowest BCUT2D eigenvalue weighted by molar-refractivity contribution is -0.302. The van der Waals surface area contributed by atoms with E-state index in [0.717, 1.165) is 70.6 Å². The van der Waals surface area contributed by atoms with E-state index in [9.17, 15) is 35.1 Å². The van der Waals surface area contributed by atoms with E-state index in [0.29, 0.717) is 19.4 Å². The number of hydrogen-bond donors (Lipinski definition) is 6. The Morgan fingerprint density at radius 1 is 0.600 bits per heavy atom. The fourth-order valence-electron chi connectivity index (χ4n) is 7.54. The summed E-state index contributed by atoms with van der Waals surface area (Å²) < 4.78 is 16.6. The highest BCUT2D eigenvalue weighted by molar-refractivity contribution is 5.76. The van der Waals surface area contributed by atoms with Gasteiger partial charge in [-0.05, 0) is 57.8 Å². The first-order chi connectivity index (χ1) is 29.2. The predicted octanol–water partition coefficient (Wildman–Crippen LogP) is 9.44. The Morgan fingerprint density at radius 3 is 1.63 bits per heavy atom. The molecule has 0 aliphatic carbocycles. The number of aliphatic hydroxyl groups excluding tert-OH is 5. The summed E-state index contributed by atoms with van der Waals surface area (Å²) in [7, 11) is 0. The van der Waals surface area contributed by atoms with Crippen molar-refractivity contribution < 1.29 is 49.3 Å². The second-order valence-corrected chi connectivity index (χ2v) is 17.2. The molecule has 0 saturated carbocycles. The number of hydrogen-bond acceptors (Lipinski definition) is 10. The summed E-state index contributed by atoms with van der Waals surface area (Å²) in [6, 6.07) is -0.822. The number of nitrogens with one attached hydrogen (secondary N) is 1. The smallest absolute Gasteiger partial charge is 0.305 e. The Labute approximate surface area is 365 Å². The lowest BCUT2D eigenvalue weighted by Gasteiger charge is -2.40. The molecule has 1 fully saturated rings. The molecule has 7 unspecified atom stereocenters. The van der Waals surface area contributed by atoms with Gasteiger partial charge in [-0.25, -0.2) is 0 Å². The van der Waals surface area contributed by atoms with Gasteiger partial charge in [0.1, 0.15) is 24.4 Å². The van der Waals surface area contributed by atoms with E-state index in [2.05, 4.69) is 31.3 Å². The average molecular weight is 854 g/mol. The van der Waals surface area contributed by atoms with Crippen LogP contribution in [0.1, 0.15) is 213 Å². The third kappa shape index (κ3) is 30.2. The van der Waals surface area contributed by atoms with E-state index in [1.807, 2.05) is 6.08 Å². The summed E-state index contributed by atoms with van der Waals surface area (Å²) in [6.45, 7) is 4.20. The molecule has 0 bridgehead atoms. The van der Waals surface area contributed by atoms with E-state index in [1.54, 1.807) is 6.08 Å². The van der Waals surface area contributed by atoms with Crippen molar-refractivity contribution in [1.29, 1.82) is 0 Å². The quantitative estimate of drug-likeness (QED) is 0.0198. The molecule has 1 saturated heterocycles. The minimum atomic E-state index is -1.58. The van der Waals surface area contributed by atoms with Crippen LogP contribution in [0.25, 0.3) is 0 Å². The number of ether oxygens (including phenoxy) is 3.